The van der Waals surface area contributed by atoms with E-state index in [2.05, 4.69) is 5.32 Å². The second-order valence-corrected chi connectivity index (χ2v) is 4.47. The Balaban J connectivity index is 2.89. The van der Waals surface area contributed by atoms with Gasteiger partial charge in [-0.05, 0) is 18.9 Å². The fraction of sp³-hybridized carbons (Fsp3) is 0.462. The van der Waals surface area contributed by atoms with Gasteiger partial charge in [0.2, 0.25) is 5.91 Å². The van der Waals surface area contributed by atoms with Gasteiger partial charge in [-0.3, -0.25) is 14.9 Å². The number of carbonyl (C=O) groups excluding carboxylic acids is 1. The van der Waals surface area contributed by atoms with Crippen LogP contribution in [0.2, 0.25) is 0 Å². The maximum Gasteiger partial charge on any atom is 0.271 e. The fourth-order valence-corrected chi connectivity index (χ4v) is 1.80. The van der Waals surface area contributed by atoms with E-state index >= 15 is 0 Å². The summed E-state index contributed by atoms with van der Waals surface area (Å²) < 4.78 is 0. The molecule has 0 fully saturated rings. The van der Waals surface area contributed by atoms with E-state index in [0.717, 1.165) is 12.0 Å². The van der Waals surface area contributed by atoms with Gasteiger partial charge < -0.3 is 11.1 Å². The van der Waals surface area contributed by atoms with Gasteiger partial charge >= 0.3 is 0 Å². The van der Waals surface area contributed by atoms with E-state index in [1.54, 1.807) is 13.0 Å². The minimum atomic E-state index is -0.485. The lowest BCUT2D eigenvalue weighted by atomic mass is 10.0. The number of nitrogens with two attached hydrogens (primary N) is 1. The predicted molar refractivity (Wildman–Crippen MR) is 73.9 cm³/mol. The summed E-state index contributed by atoms with van der Waals surface area (Å²) in [5, 5.41) is 13.4. The lowest BCUT2D eigenvalue weighted by Gasteiger charge is -2.15. The topological polar surface area (TPSA) is 98.3 Å². The average molecular weight is 265 g/mol. The Morgan fingerprint density at radius 3 is 2.74 bits per heavy atom. The SMILES string of the molecule is CCCC(CN)C(=O)Nc1cc([N+](=O)[O-])ccc1C. The van der Waals surface area contributed by atoms with Crippen molar-refractivity contribution >= 4 is 17.3 Å². The monoisotopic (exact) mass is 265 g/mol. The number of non-ortho nitro benzene ring substituents is 1. The molecule has 1 atom stereocenters. The molecule has 0 spiro atoms. The largest absolute Gasteiger partial charge is 0.330 e. The van der Waals surface area contributed by atoms with Gasteiger partial charge in [-0.15, -0.1) is 0 Å². The number of nitro benzene ring substituents is 1. The molecule has 0 aliphatic carbocycles. The molecule has 0 aliphatic rings. The number of carbonyl (C=O) groups is 1. The van der Waals surface area contributed by atoms with Crippen LogP contribution in [0.1, 0.15) is 25.3 Å². The Morgan fingerprint density at radius 1 is 1.53 bits per heavy atom. The number of hydrogen-bond acceptors (Lipinski definition) is 4. The maximum atomic E-state index is 12.0. The van der Waals surface area contributed by atoms with E-state index in [1.165, 1.54) is 12.1 Å². The molecule has 3 N–H and O–H groups in total. The first kappa shape index (κ1) is 15.1. The highest BCUT2D eigenvalue weighted by molar-refractivity contribution is 5.93. The third-order valence-electron chi connectivity index (χ3n) is 2.98. The molecule has 0 saturated heterocycles. The Labute approximate surface area is 112 Å². The van der Waals surface area contributed by atoms with E-state index in [0.29, 0.717) is 12.1 Å². The summed E-state index contributed by atoms with van der Waals surface area (Å²) in [5.74, 6) is -0.448. The molecule has 0 aliphatic heterocycles. The lowest BCUT2D eigenvalue weighted by Crippen LogP contribution is -2.29. The molecule has 0 heterocycles. The van der Waals surface area contributed by atoms with Crippen molar-refractivity contribution in [3.05, 3.63) is 33.9 Å². The first-order chi connectivity index (χ1) is 8.99. The van der Waals surface area contributed by atoms with E-state index in [-0.39, 0.29) is 24.1 Å². The molecule has 6 heteroatoms. The summed E-state index contributed by atoms with van der Waals surface area (Å²) in [6.45, 7) is 4.04. The quantitative estimate of drug-likeness (QED) is 0.608. The highest BCUT2D eigenvalue weighted by Gasteiger charge is 2.17. The molecular weight excluding hydrogens is 246 g/mol. The molecule has 1 rings (SSSR count). The third-order valence-corrected chi connectivity index (χ3v) is 2.98. The van der Waals surface area contributed by atoms with Gasteiger partial charge in [0.15, 0.2) is 0 Å². The highest BCUT2D eigenvalue weighted by Crippen LogP contribution is 2.22. The van der Waals surface area contributed by atoms with Gasteiger partial charge in [0, 0.05) is 18.7 Å². The Hall–Kier alpha value is -1.95. The number of amides is 1. The third kappa shape index (κ3) is 4.03. The van der Waals surface area contributed by atoms with Gasteiger partial charge in [0.05, 0.1) is 16.5 Å². The summed E-state index contributed by atoms with van der Waals surface area (Å²) in [6, 6.07) is 4.40. The number of benzene rings is 1. The van der Waals surface area contributed by atoms with Crippen LogP contribution in [0, 0.1) is 23.0 Å². The van der Waals surface area contributed by atoms with Crippen molar-refractivity contribution in [2.75, 3.05) is 11.9 Å². The summed E-state index contributed by atoms with van der Waals surface area (Å²) in [5.41, 5.74) is 6.77. The van der Waals surface area contributed by atoms with Crippen LogP contribution in [0.25, 0.3) is 0 Å². The van der Waals surface area contributed by atoms with Crippen LogP contribution in [-0.4, -0.2) is 17.4 Å². The Bertz CT molecular complexity index is 474. The van der Waals surface area contributed by atoms with Crippen molar-refractivity contribution in [2.45, 2.75) is 26.7 Å². The molecule has 1 aromatic carbocycles. The molecular formula is C13H19N3O3. The molecule has 1 unspecified atom stereocenters. The van der Waals surface area contributed by atoms with Crippen molar-refractivity contribution in [2.24, 2.45) is 11.7 Å². The second kappa shape index (κ2) is 6.84. The smallest absolute Gasteiger partial charge is 0.271 e. The van der Waals surface area contributed by atoms with Crippen molar-refractivity contribution in [3.8, 4) is 0 Å². The first-order valence-electron chi connectivity index (χ1n) is 6.25. The fourth-order valence-electron chi connectivity index (χ4n) is 1.80. The van der Waals surface area contributed by atoms with Crippen molar-refractivity contribution < 1.29 is 9.72 Å². The first-order valence-corrected chi connectivity index (χ1v) is 6.25. The van der Waals surface area contributed by atoms with Crippen LogP contribution in [0.4, 0.5) is 11.4 Å². The molecule has 0 aromatic heterocycles. The number of nitro groups is 1. The van der Waals surface area contributed by atoms with Gasteiger partial charge in [0.1, 0.15) is 0 Å². The van der Waals surface area contributed by atoms with Crippen LogP contribution in [-0.2, 0) is 4.79 Å². The minimum Gasteiger partial charge on any atom is -0.330 e. The number of anilines is 1. The van der Waals surface area contributed by atoms with Crippen molar-refractivity contribution in [3.63, 3.8) is 0 Å². The molecule has 1 amide bonds. The van der Waals surface area contributed by atoms with Crippen molar-refractivity contribution in [1.82, 2.24) is 0 Å². The van der Waals surface area contributed by atoms with Crippen LogP contribution in [0.3, 0.4) is 0 Å². The standard InChI is InChI=1S/C13H19N3O3/c1-3-4-10(8-14)13(17)15-12-7-11(16(18)19)6-5-9(12)2/h5-7,10H,3-4,8,14H2,1-2H3,(H,15,17). The van der Waals surface area contributed by atoms with Gasteiger partial charge in [-0.2, -0.15) is 0 Å². The molecule has 0 bridgehead atoms. The zero-order chi connectivity index (χ0) is 14.4. The predicted octanol–water partition coefficient (Wildman–Crippen LogP) is 2.22. The van der Waals surface area contributed by atoms with Crippen LogP contribution in [0.15, 0.2) is 18.2 Å². The molecule has 0 saturated carbocycles. The number of aryl methyl sites for hydroxylation is 1. The number of nitrogens with one attached hydrogen (secondary N) is 1. The zero-order valence-corrected chi connectivity index (χ0v) is 11.2. The van der Waals surface area contributed by atoms with E-state index < -0.39 is 4.92 Å². The van der Waals surface area contributed by atoms with Gasteiger partial charge in [0.25, 0.3) is 5.69 Å². The summed E-state index contributed by atoms with van der Waals surface area (Å²) in [4.78, 5) is 22.2. The minimum absolute atomic E-state index is 0.0410. The molecule has 6 nitrogen and oxygen atoms in total. The van der Waals surface area contributed by atoms with Crippen LogP contribution >= 0.6 is 0 Å². The number of rotatable bonds is 6. The number of hydrogen-bond donors (Lipinski definition) is 2. The normalized spacial score (nSPS) is 11.9. The molecule has 0 radical (unpaired) electrons. The molecule has 19 heavy (non-hydrogen) atoms. The Kier molecular flexibility index (Phi) is 5.44. The van der Waals surface area contributed by atoms with Gasteiger partial charge in [-0.1, -0.05) is 19.4 Å². The van der Waals surface area contributed by atoms with Crippen molar-refractivity contribution in [1.29, 1.82) is 0 Å². The summed E-state index contributed by atoms with van der Waals surface area (Å²) in [7, 11) is 0. The molecule has 104 valence electrons. The maximum absolute atomic E-state index is 12.0. The summed E-state index contributed by atoms with van der Waals surface area (Å²) >= 11 is 0. The number of nitrogens with zero attached hydrogens (tertiary/aromatic N) is 1. The summed E-state index contributed by atoms with van der Waals surface area (Å²) in [6.07, 6.45) is 1.57. The Morgan fingerprint density at radius 2 is 2.21 bits per heavy atom. The van der Waals surface area contributed by atoms with Gasteiger partial charge in [-0.25, -0.2) is 0 Å². The van der Waals surface area contributed by atoms with E-state index in [9.17, 15) is 14.9 Å². The van der Waals surface area contributed by atoms with E-state index in [4.69, 9.17) is 5.73 Å². The van der Waals surface area contributed by atoms with Crippen LogP contribution in [0.5, 0.6) is 0 Å². The van der Waals surface area contributed by atoms with Crippen LogP contribution < -0.4 is 11.1 Å². The van der Waals surface area contributed by atoms with E-state index in [1.807, 2.05) is 6.92 Å². The second-order valence-electron chi connectivity index (χ2n) is 4.47. The molecule has 1 aromatic rings. The zero-order valence-electron chi connectivity index (χ0n) is 11.2. The average Bonchev–Trinajstić information content (AvgIpc) is 2.38. The highest BCUT2D eigenvalue weighted by atomic mass is 16.6. The lowest BCUT2D eigenvalue weighted by molar-refractivity contribution is -0.384.